The van der Waals surface area contributed by atoms with E-state index in [4.69, 9.17) is 5.73 Å². The first-order chi connectivity index (χ1) is 6.70. The minimum absolute atomic E-state index is 0.323. The number of hydrogen-bond donors (Lipinski definition) is 1. The number of benzene rings is 1. The van der Waals surface area contributed by atoms with Gasteiger partial charge in [0.25, 0.3) is 0 Å². The summed E-state index contributed by atoms with van der Waals surface area (Å²) in [5, 5.41) is 0. The third-order valence-electron chi connectivity index (χ3n) is 2.28. The van der Waals surface area contributed by atoms with E-state index in [0.29, 0.717) is 12.0 Å². The smallest absolute Gasteiger partial charge is 0.0185 e. The number of thioether (sulfide) groups is 1. The van der Waals surface area contributed by atoms with Gasteiger partial charge in [0, 0.05) is 17.5 Å². The molecule has 0 aliphatic carbocycles. The summed E-state index contributed by atoms with van der Waals surface area (Å²) < 4.78 is 0. The Balaban J connectivity index is 2.22. The Labute approximate surface area is 91.1 Å². The first-order valence-corrected chi connectivity index (χ1v) is 6.23. The summed E-state index contributed by atoms with van der Waals surface area (Å²) in [7, 11) is 0. The fraction of sp³-hybridized carbons (Fsp3) is 0.500. The zero-order chi connectivity index (χ0) is 10.4. The number of nitrogens with two attached hydrogens (primary N) is 1. The maximum atomic E-state index is 5.96. The highest BCUT2D eigenvalue weighted by Gasteiger charge is 2.06. The molecule has 0 heterocycles. The van der Waals surface area contributed by atoms with E-state index in [1.165, 1.54) is 5.56 Å². The monoisotopic (exact) mass is 209 g/mol. The summed E-state index contributed by atoms with van der Waals surface area (Å²) in [4.78, 5) is 0. The van der Waals surface area contributed by atoms with Gasteiger partial charge in [-0.15, -0.1) is 0 Å². The van der Waals surface area contributed by atoms with Crippen molar-refractivity contribution < 1.29 is 0 Å². The van der Waals surface area contributed by atoms with Crippen LogP contribution < -0.4 is 5.73 Å². The molecule has 78 valence electrons. The number of rotatable bonds is 5. The third-order valence-corrected chi connectivity index (χ3v) is 3.44. The quantitative estimate of drug-likeness (QED) is 0.807. The van der Waals surface area contributed by atoms with Crippen LogP contribution in [0.25, 0.3) is 0 Å². The zero-order valence-corrected chi connectivity index (χ0v) is 9.76. The molecule has 0 spiro atoms. The minimum atomic E-state index is 0.323. The lowest BCUT2D eigenvalue weighted by Crippen LogP contribution is -2.28. The first kappa shape index (κ1) is 11.6. The van der Waals surface area contributed by atoms with Crippen LogP contribution in [0, 0.1) is 5.92 Å². The predicted octanol–water partition coefficient (Wildman–Crippen LogP) is 2.90. The molecule has 14 heavy (non-hydrogen) atoms. The largest absolute Gasteiger partial charge is 0.327 e. The molecular weight excluding hydrogens is 190 g/mol. The summed E-state index contributed by atoms with van der Waals surface area (Å²) in [6.45, 7) is 4.35. The summed E-state index contributed by atoms with van der Waals surface area (Å²) in [5.41, 5.74) is 7.34. The zero-order valence-electron chi connectivity index (χ0n) is 8.94. The molecule has 1 rings (SSSR count). The molecule has 2 heteroatoms. The molecule has 1 aromatic rings. The standard InChI is InChI=1S/C12H19NS/c1-10(2)12(13)9-14-8-11-6-4-3-5-7-11/h3-7,10,12H,8-9,13H2,1-2H3. The van der Waals surface area contributed by atoms with Crippen LogP contribution in [0.15, 0.2) is 30.3 Å². The van der Waals surface area contributed by atoms with Gasteiger partial charge < -0.3 is 5.73 Å². The molecule has 0 saturated carbocycles. The Bertz CT molecular complexity index is 246. The molecule has 1 aromatic carbocycles. The van der Waals surface area contributed by atoms with E-state index >= 15 is 0 Å². The maximum Gasteiger partial charge on any atom is 0.0185 e. The van der Waals surface area contributed by atoms with Crippen molar-refractivity contribution in [2.24, 2.45) is 11.7 Å². The normalized spacial score (nSPS) is 13.1. The van der Waals surface area contributed by atoms with Crippen molar-refractivity contribution in [3.8, 4) is 0 Å². The van der Waals surface area contributed by atoms with Crippen LogP contribution in [0.2, 0.25) is 0 Å². The Hall–Kier alpha value is -0.470. The highest BCUT2D eigenvalue weighted by Crippen LogP contribution is 2.14. The molecule has 0 bridgehead atoms. The Morgan fingerprint density at radius 2 is 1.86 bits per heavy atom. The second-order valence-electron chi connectivity index (χ2n) is 3.91. The van der Waals surface area contributed by atoms with E-state index in [1.54, 1.807) is 0 Å². The van der Waals surface area contributed by atoms with E-state index in [0.717, 1.165) is 11.5 Å². The molecule has 0 aromatic heterocycles. The summed E-state index contributed by atoms with van der Waals surface area (Å²) in [6, 6.07) is 10.9. The fourth-order valence-corrected chi connectivity index (χ4v) is 2.28. The molecule has 0 radical (unpaired) electrons. The Kier molecular flexibility index (Phi) is 5.05. The van der Waals surface area contributed by atoms with E-state index in [-0.39, 0.29) is 0 Å². The summed E-state index contributed by atoms with van der Waals surface area (Å²) >= 11 is 1.92. The van der Waals surface area contributed by atoms with Crippen molar-refractivity contribution in [3.05, 3.63) is 35.9 Å². The van der Waals surface area contributed by atoms with Crippen molar-refractivity contribution in [2.45, 2.75) is 25.6 Å². The van der Waals surface area contributed by atoms with Gasteiger partial charge in [-0.25, -0.2) is 0 Å². The second-order valence-corrected chi connectivity index (χ2v) is 4.94. The fourth-order valence-electron chi connectivity index (χ4n) is 1.08. The molecule has 0 aliphatic heterocycles. The molecule has 0 aliphatic rings. The first-order valence-electron chi connectivity index (χ1n) is 5.07. The third kappa shape index (κ3) is 4.16. The molecule has 1 atom stereocenters. The van der Waals surface area contributed by atoms with Crippen molar-refractivity contribution >= 4 is 11.8 Å². The number of hydrogen-bond acceptors (Lipinski definition) is 2. The van der Waals surface area contributed by atoms with Crippen molar-refractivity contribution in [3.63, 3.8) is 0 Å². The second kappa shape index (κ2) is 6.10. The summed E-state index contributed by atoms with van der Waals surface area (Å²) in [5.74, 6) is 2.70. The highest BCUT2D eigenvalue weighted by molar-refractivity contribution is 7.98. The molecule has 1 unspecified atom stereocenters. The van der Waals surface area contributed by atoms with Gasteiger partial charge in [0.05, 0.1) is 0 Å². The average molecular weight is 209 g/mol. The van der Waals surface area contributed by atoms with Crippen LogP contribution in [0.4, 0.5) is 0 Å². The average Bonchev–Trinajstić information content (AvgIpc) is 2.19. The molecule has 0 fully saturated rings. The molecule has 1 nitrogen and oxygen atoms in total. The lowest BCUT2D eigenvalue weighted by molar-refractivity contribution is 0.535. The predicted molar refractivity (Wildman–Crippen MR) is 65.4 cm³/mol. The molecule has 0 amide bonds. The van der Waals surface area contributed by atoms with Crippen molar-refractivity contribution in [1.82, 2.24) is 0 Å². The maximum absolute atomic E-state index is 5.96. The minimum Gasteiger partial charge on any atom is -0.327 e. The summed E-state index contributed by atoms with van der Waals surface area (Å²) in [6.07, 6.45) is 0. The van der Waals surface area contributed by atoms with E-state index in [2.05, 4.69) is 38.1 Å². The Morgan fingerprint density at radius 3 is 2.43 bits per heavy atom. The highest BCUT2D eigenvalue weighted by atomic mass is 32.2. The van der Waals surface area contributed by atoms with Gasteiger partial charge >= 0.3 is 0 Å². The van der Waals surface area contributed by atoms with Gasteiger partial charge in [-0.2, -0.15) is 11.8 Å². The van der Waals surface area contributed by atoms with E-state index < -0.39 is 0 Å². The van der Waals surface area contributed by atoms with Crippen LogP contribution in [-0.4, -0.2) is 11.8 Å². The molecule has 2 N–H and O–H groups in total. The van der Waals surface area contributed by atoms with Crippen LogP contribution in [0.3, 0.4) is 0 Å². The van der Waals surface area contributed by atoms with Gasteiger partial charge in [0.1, 0.15) is 0 Å². The van der Waals surface area contributed by atoms with Gasteiger partial charge in [0.15, 0.2) is 0 Å². The SMILES string of the molecule is CC(C)C(N)CSCc1ccccc1. The lowest BCUT2D eigenvalue weighted by atomic mass is 10.1. The van der Waals surface area contributed by atoms with Gasteiger partial charge in [0.2, 0.25) is 0 Å². The Morgan fingerprint density at radius 1 is 1.21 bits per heavy atom. The van der Waals surface area contributed by atoms with Crippen molar-refractivity contribution in [1.29, 1.82) is 0 Å². The van der Waals surface area contributed by atoms with Gasteiger partial charge in [-0.1, -0.05) is 44.2 Å². The van der Waals surface area contributed by atoms with E-state index in [9.17, 15) is 0 Å². The van der Waals surface area contributed by atoms with Crippen LogP contribution in [0.1, 0.15) is 19.4 Å². The topological polar surface area (TPSA) is 26.0 Å². The van der Waals surface area contributed by atoms with Crippen LogP contribution in [-0.2, 0) is 5.75 Å². The van der Waals surface area contributed by atoms with Gasteiger partial charge in [-0.3, -0.25) is 0 Å². The molecule has 0 saturated heterocycles. The van der Waals surface area contributed by atoms with E-state index in [1.807, 2.05) is 17.8 Å². The van der Waals surface area contributed by atoms with Crippen LogP contribution in [0.5, 0.6) is 0 Å². The van der Waals surface area contributed by atoms with Crippen molar-refractivity contribution in [2.75, 3.05) is 5.75 Å². The lowest BCUT2D eigenvalue weighted by Gasteiger charge is -2.14. The van der Waals surface area contributed by atoms with Gasteiger partial charge in [-0.05, 0) is 11.5 Å². The molecular formula is C12H19NS. The van der Waals surface area contributed by atoms with Crippen LogP contribution >= 0.6 is 11.8 Å².